The van der Waals surface area contributed by atoms with Crippen molar-refractivity contribution >= 4 is 107 Å². The van der Waals surface area contributed by atoms with E-state index in [1.807, 2.05) is 36.4 Å². The summed E-state index contributed by atoms with van der Waals surface area (Å²) in [5.41, 5.74) is 29.9. The van der Waals surface area contributed by atoms with Crippen molar-refractivity contribution in [2.75, 3.05) is 9.80 Å². The largest absolute Gasteiger partial charge is 0.456 e. The molecule has 0 N–H and O–H groups in total. The molecule has 0 bridgehead atoms. The molecule has 15 aromatic rings. The maximum absolute atomic E-state index is 10.2. The first-order chi connectivity index (χ1) is 47.9. The summed E-state index contributed by atoms with van der Waals surface area (Å²) >= 11 is 0. The van der Waals surface area contributed by atoms with E-state index in [-0.39, 0.29) is 23.0 Å². The van der Waals surface area contributed by atoms with Crippen molar-refractivity contribution < 1.29 is 8.83 Å². The van der Waals surface area contributed by atoms with Crippen LogP contribution in [0.2, 0.25) is 0 Å². The zero-order valence-corrected chi connectivity index (χ0v) is 57.1. The summed E-state index contributed by atoms with van der Waals surface area (Å²) in [6, 6.07) is 99.8. The number of hydrogen-bond acceptors (Lipinski definition) is 5. The Balaban J connectivity index is 1.06. The average Bonchev–Trinajstić information content (AvgIpc) is 1.01. The smallest absolute Gasteiger partial charge is 0.252 e. The van der Waals surface area contributed by atoms with Gasteiger partial charge in [-0.1, -0.05) is 250 Å². The van der Waals surface area contributed by atoms with Crippen LogP contribution >= 0.6 is 0 Å². The fourth-order valence-corrected chi connectivity index (χ4v) is 15.4. The molecule has 13 aromatic carbocycles. The Bertz CT molecular complexity index is 5420. The van der Waals surface area contributed by atoms with Crippen LogP contribution in [-0.4, -0.2) is 6.71 Å². The minimum absolute atomic E-state index is 0.213. The average molecular weight is 1280 g/mol. The molecule has 0 atom stereocenters. The third kappa shape index (κ3) is 10.1. The highest BCUT2D eigenvalue weighted by Gasteiger charge is 2.47. The first-order valence-electron chi connectivity index (χ1n) is 34.2. The topological polar surface area (TPSA) is 60.9 Å². The Kier molecular flexibility index (Phi) is 14.0. The Morgan fingerprint density at radius 1 is 0.354 bits per heavy atom. The first-order valence-corrected chi connectivity index (χ1v) is 34.2. The molecule has 17 rings (SSSR count). The third-order valence-corrected chi connectivity index (χ3v) is 20.5. The quantitative estimate of drug-likeness (QED) is 0.112. The van der Waals surface area contributed by atoms with Gasteiger partial charge >= 0.3 is 0 Å². The SMILES string of the molecule is [C-]#[N+]c1ccc2oc3c(-c4ccc5c(c4)B4c6cc(-c7cccc8c7oc7ccc(C#N)cc78)ccc6N(c6c(-c7ccccc7)cc(C(C)(C)C)cc6-c6ccccc6)c6cc(C(C)(C)C)cc(c64)N5c4c(-c5ccccc5)cc(C(C)(C)C)cc4-c4ccccc4)cccc3c2c1. The van der Waals surface area contributed by atoms with Crippen LogP contribution in [0.4, 0.5) is 39.8 Å². The second kappa shape index (κ2) is 22.9. The zero-order valence-electron chi connectivity index (χ0n) is 57.1. The molecule has 2 aliphatic heterocycles. The molecule has 6 nitrogen and oxygen atoms in total. The van der Waals surface area contributed by atoms with Gasteiger partial charge in [-0.2, -0.15) is 5.26 Å². The van der Waals surface area contributed by atoms with Crippen molar-refractivity contribution in [1.82, 2.24) is 0 Å². The predicted molar refractivity (Wildman–Crippen MR) is 415 cm³/mol. The highest BCUT2D eigenvalue weighted by atomic mass is 16.3. The summed E-state index contributed by atoms with van der Waals surface area (Å²) in [5, 5.41) is 13.9. The second-order valence-corrected chi connectivity index (χ2v) is 29.8. The number of nitriles is 1. The van der Waals surface area contributed by atoms with Crippen molar-refractivity contribution in [3.05, 3.63) is 301 Å². The molecule has 0 saturated carbocycles. The lowest BCUT2D eigenvalue weighted by Gasteiger charge is -2.47. The number of furan rings is 2. The molecule has 0 saturated heterocycles. The molecule has 4 heterocycles. The minimum atomic E-state index is -0.367. The molecular weight excluding hydrogens is 1200 g/mol. The van der Waals surface area contributed by atoms with E-state index in [0.717, 1.165) is 156 Å². The van der Waals surface area contributed by atoms with Crippen LogP contribution in [0, 0.1) is 17.9 Å². The number of rotatable bonds is 8. The number of fused-ring (bicyclic) bond motifs is 10. The molecular formula is C92H71BN4O2. The van der Waals surface area contributed by atoms with Gasteiger partial charge in [-0.3, -0.25) is 0 Å². The van der Waals surface area contributed by atoms with Gasteiger partial charge in [0.1, 0.15) is 22.3 Å². The lowest BCUT2D eigenvalue weighted by atomic mass is 9.33. The van der Waals surface area contributed by atoms with E-state index >= 15 is 0 Å². The van der Waals surface area contributed by atoms with Crippen LogP contribution in [0.5, 0.6) is 0 Å². The number of para-hydroxylation sites is 2. The molecule has 0 spiro atoms. The van der Waals surface area contributed by atoms with E-state index in [1.54, 1.807) is 0 Å². The molecule has 7 heteroatoms. The number of benzene rings is 13. The van der Waals surface area contributed by atoms with Crippen molar-refractivity contribution in [1.29, 1.82) is 5.26 Å². The lowest BCUT2D eigenvalue weighted by molar-refractivity contribution is 0.590. The molecule has 99 heavy (non-hydrogen) atoms. The number of hydrogen-bond donors (Lipinski definition) is 0. The molecule has 2 aromatic heterocycles. The van der Waals surface area contributed by atoms with Crippen LogP contribution in [0.25, 0.3) is 115 Å². The second-order valence-electron chi connectivity index (χ2n) is 29.8. The van der Waals surface area contributed by atoms with Gasteiger partial charge in [-0.25, -0.2) is 4.85 Å². The highest BCUT2D eigenvalue weighted by Crippen LogP contribution is 2.56. The van der Waals surface area contributed by atoms with E-state index in [9.17, 15) is 5.26 Å². The van der Waals surface area contributed by atoms with Gasteiger partial charge in [-0.05, 0) is 162 Å². The summed E-state index contributed by atoms with van der Waals surface area (Å²) in [6.07, 6.45) is 0. The van der Waals surface area contributed by atoms with E-state index in [4.69, 9.17) is 15.4 Å². The molecule has 474 valence electrons. The maximum atomic E-state index is 10.2. The van der Waals surface area contributed by atoms with Gasteiger partial charge in [0, 0.05) is 77.7 Å². The summed E-state index contributed by atoms with van der Waals surface area (Å²) < 4.78 is 13.9. The Morgan fingerprint density at radius 2 is 0.737 bits per heavy atom. The fourth-order valence-electron chi connectivity index (χ4n) is 15.4. The molecule has 0 fully saturated rings. The van der Waals surface area contributed by atoms with E-state index in [1.165, 1.54) is 22.2 Å². The summed E-state index contributed by atoms with van der Waals surface area (Å²) in [7, 11) is 0. The van der Waals surface area contributed by atoms with E-state index in [0.29, 0.717) is 11.3 Å². The van der Waals surface area contributed by atoms with Gasteiger partial charge in [0.2, 0.25) is 0 Å². The van der Waals surface area contributed by atoms with Crippen LogP contribution in [-0.2, 0) is 16.2 Å². The Labute approximate surface area is 579 Å². The van der Waals surface area contributed by atoms with Gasteiger partial charge in [-0.15, -0.1) is 0 Å². The van der Waals surface area contributed by atoms with Gasteiger partial charge in [0.15, 0.2) is 5.69 Å². The molecule has 0 amide bonds. The van der Waals surface area contributed by atoms with E-state index < -0.39 is 0 Å². The standard InChI is InChI=1S/C92H71BN4O2/c1-90(2,3)63-48-71(57-25-15-11-16-26-57)86(72(49-63)58-27-17-12-18-28-58)96-79-41-38-61(67-33-23-35-69-75-45-56(55-94)37-43-83(75)98-88(67)69)46-77(79)93-78-47-62(68-34-24-36-70-76-54-66(95-10)40-44-84(76)99-89(68)70)39-42-80(78)97(82-53-65(92(7,8)9)52-81(96)85(82)93)87-73(59-29-19-13-20-30-59)50-64(91(4,5)6)51-74(87)60-31-21-14-22-32-60/h11-54H,1-9H3. The van der Waals surface area contributed by atoms with Crippen molar-refractivity contribution in [3.63, 3.8) is 0 Å². The Morgan fingerprint density at radius 3 is 1.12 bits per heavy atom. The fraction of sp³-hybridized carbons (Fsp3) is 0.130. The van der Waals surface area contributed by atoms with Gasteiger partial charge in [0.05, 0.1) is 29.6 Å². The zero-order chi connectivity index (χ0) is 67.8. The van der Waals surface area contributed by atoms with Crippen LogP contribution in [0.15, 0.2) is 276 Å². The predicted octanol–water partition coefficient (Wildman–Crippen LogP) is 23.9. The number of anilines is 6. The number of nitrogens with zero attached hydrogens (tertiary/aromatic N) is 4. The Hall–Kier alpha value is -11.9. The van der Waals surface area contributed by atoms with Crippen molar-refractivity contribution in [2.45, 2.75) is 78.6 Å². The van der Waals surface area contributed by atoms with Gasteiger partial charge < -0.3 is 18.6 Å². The van der Waals surface area contributed by atoms with Crippen LogP contribution in [0.3, 0.4) is 0 Å². The summed E-state index contributed by atoms with van der Waals surface area (Å²) in [6.45, 7) is 28.6. The molecule has 0 radical (unpaired) electrons. The monoisotopic (exact) mass is 1270 g/mol. The van der Waals surface area contributed by atoms with Gasteiger partial charge in [0.25, 0.3) is 6.71 Å². The minimum Gasteiger partial charge on any atom is -0.456 e. The van der Waals surface area contributed by atoms with Crippen molar-refractivity contribution in [2.24, 2.45) is 0 Å². The van der Waals surface area contributed by atoms with Crippen molar-refractivity contribution in [3.8, 4) is 72.8 Å². The highest BCUT2D eigenvalue weighted by molar-refractivity contribution is 7.00. The van der Waals surface area contributed by atoms with Crippen LogP contribution in [0.1, 0.15) is 84.6 Å². The normalized spacial score (nSPS) is 12.8. The molecule has 2 aliphatic rings. The van der Waals surface area contributed by atoms with Crippen LogP contribution < -0.4 is 26.2 Å². The molecule has 0 unspecified atom stereocenters. The summed E-state index contributed by atoms with van der Waals surface area (Å²) in [4.78, 5) is 9.13. The molecule has 0 aliphatic carbocycles. The summed E-state index contributed by atoms with van der Waals surface area (Å²) in [5.74, 6) is 0. The lowest BCUT2D eigenvalue weighted by Crippen LogP contribution is -2.61. The first kappa shape index (κ1) is 60.7. The van der Waals surface area contributed by atoms with E-state index in [2.05, 4.69) is 314 Å². The third-order valence-electron chi connectivity index (χ3n) is 20.5. The maximum Gasteiger partial charge on any atom is 0.252 e.